The first-order chi connectivity index (χ1) is 8.99. The second-order valence-electron chi connectivity index (χ2n) is 4.21. The molecule has 102 valence electrons. The van der Waals surface area contributed by atoms with E-state index in [2.05, 4.69) is 4.74 Å². The van der Waals surface area contributed by atoms with Gasteiger partial charge in [0.25, 0.3) is 0 Å². The molecule has 1 aliphatic carbocycles. The van der Waals surface area contributed by atoms with Crippen LogP contribution in [0.25, 0.3) is 5.57 Å². The first kappa shape index (κ1) is 14.0. The van der Waals surface area contributed by atoms with Gasteiger partial charge < -0.3 is 4.74 Å². The Morgan fingerprint density at radius 3 is 2.47 bits per heavy atom. The van der Waals surface area contributed by atoms with Gasteiger partial charge in [0, 0.05) is 11.5 Å². The predicted molar refractivity (Wildman–Crippen MR) is 68.5 cm³/mol. The number of rotatable bonds is 3. The second-order valence-corrected chi connectivity index (χ2v) is 4.52. The fraction of sp³-hybridized carbons (Fsp3) is 0.286. The SMILES string of the molecule is FC(F)(F)OC1=CC(CCl)CC=C1c1ccccc1. The molecule has 0 bridgehead atoms. The molecule has 0 aliphatic heterocycles. The third-order valence-corrected chi connectivity index (χ3v) is 3.18. The van der Waals surface area contributed by atoms with E-state index in [9.17, 15) is 13.2 Å². The number of hydrogen-bond acceptors (Lipinski definition) is 1. The summed E-state index contributed by atoms with van der Waals surface area (Å²) in [6, 6.07) is 8.85. The van der Waals surface area contributed by atoms with E-state index in [1.165, 1.54) is 6.08 Å². The van der Waals surface area contributed by atoms with Gasteiger partial charge in [-0.3, -0.25) is 0 Å². The molecule has 0 fully saturated rings. The van der Waals surface area contributed by atoms with E-state index >= 15 is 0 Å². The lowest BCUT2D eigenvalue weighted by atomic mass is 9.92. The highest BCUT2D eigenvalue weighted by molar-refractivity contribution is 6.18. The van der Waals surface area contributed by atoms with Crippen LogP contribution in [0.1, 0.15) is 12.0 Å². The number of halogens is 4. The van der Waals surface area contributed by atoms with Gasteiger partial charge in [-0.2, -0.15) is 0 Å². The first-order valence-electron chi connectivity index (χ1n) is 5.79. The Labute approximate surface area is 114 Å². The Balaban J connectivity index is 2.31. The molecule has 1 nitrogen and oxygen atoms in total. The zero-order chi connectivity index (χ0) is 13.9. The first-order valence-corrected chi connectivity index (χ1v) is 6.32. The maximum absolute atomic E-state index is 12.4. The summed E-state index contributed by atoms with van der Waals surface area (Å²) in [5, 5.41) is 0. The highest BCUT2D eigenvalue weighted by atomic mass is 35.5. The zero-order valence-corrected chi connectivity index (χ0v) is 10.7. The van der Waals surface area contributed by atoms with E-state index in [1.807, 2.05) is 6.07 Å². The van der Waals surface area contributed by atoms with E-state index in [1.54, 1.807) is 30.3 Å². The Hall–Kier alpha value is -1.42. The van der Waals surface area contributed by atoms with Crippen LogP contribution >= 0.6 is 11.6 Å². The molecule has 0 amide bonds. The van der Waals surface area contributed by atoms with Gasteiger partial charge in [0.1, 0.15) is 5.76 Å². The van der Waals surface area contributed by atoms with Gasteiger partial charge in [0.05, 0.1) is 0 Å². The standard InChI is InChI=1S/C14H12ClF3O/c15-9-10-6-7-12(11-4-2-1-3-5-11)13(8-10)19-14(16,17)18/h1-5,7-8,10H,6,9H2. The van der Waals surface area contributed by atoms with Crippen LogP contribution in [0.2, 0.25) is 0 Å². The summed E-state index contributed by atoms with van der Waals surface area (Å²) in [6.07, 6.45) is -0.904. The average molecular weight is 289 g/mol. The van der Waals surface area contributed by atoms with E-state index in [-0.39, 0.29) is 17.6 Å². The van der Waals surface area contributed by atoms with Crippen molar-refractivity contribution in [1.82, 2.24) is 0 Å². The van der Waals surface area contributed by atoms with Crippen molar-refractivity contribution in [3.05, 3.63) is 53.8 Å². The Kier molecular flexibility index (Phi) is 4.20. The minimum atomic E-state index is -4.70. The molecule has 1 unspecified atom stereocenters. The maximum atomic E-state index is 12.4. The number of allylic oxidation sites excluding steroid dienone is 3. The fourth-order valence-corrected chi connectivity index (χ4v) is 2.16. The minimum absolute atomic E-state index is 0.133. The summed E-state index contributed by atoms with van der Waals surface area (Å²) < 4.78 is 41.4. The van der Waals surface area contributed by atoms with Crippen molar-refractivity contribution in [2.24, 2.45) is 5.92 Å². The van der Waals surface area contributed by atoms with Crippen LogP contribution in [0.5, 0.6) is 0 Å². The monoisotopic (exact) mass is 288 g/mol. The average Bonchev–Trinajstić information content (AvgIpc) is 2.38. The Morgan fingerprint density at radius 1 is 1.21 bits per heavy atom. The number of hydrogen-bond donors (Lipinski definition) is 0. The van der Waals surface area contributed by atoms with Gasteiger partial charge in [0.2, 0.25) is 0 Å². The van der Waals surface area contributed by atoms with Gasteiger partial charge in [-0.05, 0) is 24.0 Å². The maximum Gasteiger partial charge on any atom is 0.573 e. The normalized spacial score (nSPS) is 19.7. The molecule has 1 aliphatic rings. The molecule has 0 aromatic heterocycles. The molecular weight excluding hydrogens is 277 g/mol. The molecule has 19 heavy (non-hydrogen) atoms. The van der Waals surface area contributed by atoms with Crippen LogP contribution < -0.4 is 0 Å². The second kappa shape index (κ2) is 5.70. The van der Waals surface area contributed by atoms with E-state index in [0.29, 0.717) is 17.6 Å². The smallest absolute Gasteiger partial charge is 0.405 e. The Morgan fingerprint density at radius 2 is 1.89 bits per heavy atom. The van der Waals surface area contributed by atoms with Crippen molar-refractivity contribution in [1.29, 1.82) is 0 Å². The van der Waals surface area contributed by atoms with Crippen molar-refractivity contribution < 1.29 is 17.9 Å². The van der Waals surface area contributed by atoms with Crippen LogP contribution in [-0.2, 0) is 4.74 Å². The van der Waals surface area contributed by atoms with Crippen LogP contribution in [0, 0.1) is 5.92 Å². The zero-order valence-electron chi connectivity index (χ0n) is 9.95. The molecule has 0 heterocycles. The lowest BCUT2D eigenvalue weighted by molar-refractivity contribution is -0.302. The molecule has 0 N–H and O–H groups in total. The molecule has 1 atom stereocenters. The third-order valence-electron chi connectivity index (χ3n) is 2.79. The number of ether oxygens (including phenoxy) is 1. The lowest BCUT2D eigenvalue weighted by Gasteiger charge is -2.22. The van der Waals surface area contributed by atoms with E-state index in [4.69, 9.17) is 11.6 Å². The van der Waals surface area contributed by atoms with Crippen molar-refractivity contribution in [3.8, 4) is 0 Å². The van der Waals surface area contributed by atoms with E-state index < -0.39 is 6.36 Å². The predicted octanol–water partition coefficient (Wildman–Crippen LogP) is 4.75. The Bertz CT molecular complexity index is 491. The van der Waals surface area contributed by atoms with Crippen molar-refractivity contribution in [2.45, 2.75) is 12.8 Å². The lowest BCUT2D eigenvalue weighted by Crippen LogP contribution is -2.17. The highest BCUT2D eigenvalue weighted by Gasteiger charge is 2.34. The number of benzene rings is 1. The van der Waals surface area contributed by atoms with Crippen LogP contribution in [0.4, 0.5) is 13.2 Å². The summed E-state index contributed by atoms with van der Waals surface area (Å²) in [7, 11) is 0. The van der Waals surface area contributed by atoms with Crippen molar-refractivity contribution in [2.75, 3.05) is 5.88 Å². The molecule has 5 heteroatoms. The molecular formula is C14H12ClF3O. The number of alkyl halides is 4. The van der Waals surface area contributed by atoms with E-state index in [0.717, 1.165) is 0 Å². The van der Waals surface area contributed by atoms with Crippen LogP contribution in [-0.4, -0.2) is 12.2 Å². The largest absolute Gasteiger partial charge is 0.573 e. The highest BCUT2D eigenvalue weighted by Crippen LogP contribution is 2.35. The topological polar surface area (TPSA) is 9.23 Å². The molecule has 1 aromatic carbocycles. The van der Waals surface area contributed by atoms with Gasteiger partial charge >= 0.3 is 6.36 Å². The summed E-state index contributed by atoms with van der Waals surface area (Å²) in [6.45, 7) is 0. The van der Waals surface area contributed by atoms with Gasteiger partial charge in [0.15, 0.2) is 0 Å². The minimum Gasteiger partial charge on any atom is -0.405 e. The fourth-order valence-electron chi connectivity index (χ4n) is 1.94. The molecule has 0 saturated carbocycles. The van der Waals surface area contributed by atoms with Crippen LogP contribution in [0.15, 0.2) is 48.2 Å². The summed E-state index contributed by atoms with van der Waals surface area (Å²) in [5.41, 5.74) is 1.16. The summed E-state index contributed by atoms with van der Waals surface area (Å²) >= 11 is 5.70. The molecule has 1 aromatic rings. The van der Waals surface area contributed by atoms with Crippen LogP contribution in [0.3, 0.4) is 0 Å². The van der Waals surface area contributed by atoms with Gasteiger partial charge in [-0.1, -0.05) is 36.4 Å². The van der Waals surface area contributed by atoms with Gasteiger partial charge in [-0.15, -0.1) is 24.8 Å². The summed E-state index contributed by atoms with van der Waals surface area (Å²) in [5.74, 6) is -0.0365. The van der Waals surface area contributed by atoms with Gasteiger partial charge in [-0.25, -0.2) is 0 Å². The molecule has 0 radical (unpaired) electrons. The quantitative estimate of drug-likeness (QED) is 0.729. The van der Waals surface area contributed by atoms with Crippen molar-refractivity contribution >= 4 is 17.2 Å². The third kappa shape index (κ3) is 3.77. The molecule has 2 rings (SSSR count). The molecule has 0 spiro atoms. The molecule has 0 saturated heterocycles. The van der Waals surface area contributed by atoms with Crippen molar-refractivity contribution in [3.63, 3.8) is 0 Å². The summed E-state index contributed by atoms with van der Waals surface area (Å²) in [4.78, 5) is 0.